The van der Waals surface area contributed by atoms with Crippen molar-refractivity contribution < 1.29 is 4.74 Å². The van der Waals surface area contributed by atoms with Crippen molar-refractivity contribution in [1.29, 1.82) is 0 Å². The van der Waals surface area contributed by atoms with Crippen LogP contribution in [0.2, 0.25) is 0 Å². The summed E-state index contributed by atoms with van der Waals surface area (Å²) in [5.41, 5.74) is 1.38. The summed E-state index contributed by atoms with van der Waals surface area (Å²) in [5, 5.41) is 3.70. The van der Waals surface area contributed by atoms with Gasteiger partial charge in [0.2, 0.25) is 0 Å². The zero-order valence-electron chi connectivity index (χ0n) is 11.7. The second kappa shape index (κ2) is 5.76. The first-order chi connectivity index (χ1) is 9.27. The molecule has 2 unspecified atom stereocenters. The van der Waals surface area contributed by atoms with Gasteiger partial charge in [0.15, 0.2) is 0 Å². The van der Waals surface area contributed by atoms with Crippen molar-refractivity contribution in [3.8, 4) is 5.75 Å². The van der Waals surface area contributed by atoms with Crippen LogP contribution < -0.4 is 10.1 Å². The first-order valence-electron chi connectivity index (χ1n) is 7.33. The zero-order valence-corrected chi connectivity index (χ0v) is 12.5. The van der Waals surface area contributed by atoms with Gasteiger partial charge in [0.05, 0.1) is 6.61 Å². The average Bonchev–Trinajstić information content (AvgIpc) is 2.86. The Morgan fingerprint density at radius 1 is 1.42 bits per heavy atom. The lowest BCUT2D eigenvalue weighted by molar-refractivity contribution is 0.264. The number of nitrogens with one attached hydrogen (secondary N) is 1. The fraction of sp³-hybridized carbons (Fsp3) is 0.625. The van der Waals surface area contributed by atoms with E-state index >= 15 is 0 Å². The molecule has 1 fully saturated rings. The molecule has 1 saturated heterocycles. The number of thioether (sulfide) groups is 1. The Labute approximate surface area is 120 Å². The van der Waals surface area contributed by atoms with E-state index in [1.165, 1.54) is 24.2 Å². The van der Waals surface area contributed by atoms with Crippen LogP contribution in [0.25, 0.3) is 0 Å². The Hall–Kier alpha value is -0.670. The van der Waals surface area contributed by atoms with Gasteiger partial charge in [0.25, 0.3) is 0 Å². The van der Waals surface area contributed by atoms with Crippen LogP contribution in [-0.2, 0) is 0 Å². The van der Waals surface area contributed by atoms with Crippen molar-refractivity contribution in [3.05, 3.63) is 29.8 Å². The van der Waals surface area contributed by atoms with Gasteiger partial charge in [-0.25, -0.2) is 0 Å². The summed E-state index contributed by atoms with van der Waals surface area (Å²) in [4.78, 5) is 0. The maximum Gasteiger partial charge on any atom is 0.122 e. The van der Waals surface area contributed by atoms with Gasteiger partial charge in [-0.3, -0.25) is 0 Å². The molecule has 2 nitrogen and oxygen atoms in total. The molecule has 104 valence electrons. The Kier molecular flexibility index (Phi) is 4.04. The van der Waals surface area contributed by atoms with Gasteiger partial charge in [-0.05, 0) is 43.6 Å². The predicted molar refractivity (Wildman–Crippen MR) is 82.3 cm³/mol. The predicted octanol–water partition coefficient (Wildman–Crippen LogP) is 3.43. The highest BCUT2D eigenvalue weighted by atomic mass is 32.2. The maximum absolute atomic E-state index is 5.72. The van der Waals surface area contributed by atoms with Crippen LogP contribution in [0.4, 0.5) is 0 Å². The summed E-state index contributed by atoms with van der Waals surface area (Å²) in [6, 6.07) is 8.49. The van der Waals surface area contributed by atoms with Gasteiger partial charge in [0.1, 0.15) is 5.75 Å². The molecule has 1 aromatic carbocycles. The van der Waals surface area contributed by atoms with Crippen LogP contribution in [0.3, 0.4) is 0 Å². The van der Waals surface area contributed by atoms with Crippen LogP contribution in [0.5, 0.6) is 5.75 Å². The van der Waals surface area contributed by atoms with Crippen LogP contribution in [0.15, 0.2) is 24.3 Å². The molecule has 2 heterocycles. The molecule has 2 atom stereocenters. The molecule has 0 spiro atoms. The molecule has 19 heavy (non-hydrogen) atoms. The quantitative estimate of drug-likeness (QED) is 0.911. The van der Waals surface area contributed by atoms with Crippen molar-refractivity contribution in [2.24, 2.45) is 0 Å². The highest BCUT2D eigenvalue weighted by molar-refractivity contribution is 8.00. The Morgan fingerprint density at radius 3 is 3.16 bits per heavy atom. The summed E-state index contributed by atoms with van der Waals surface area (Å²) in [6.07, 6.45) is 3.87. The second-order valence-corrected chi connectivity index (χ2v) is 7.59. The van der Waals surface area contributed by atoms with E-state index in [1.807, 2.05) is 0 Å². The van der Waals surface area contributed by atoms with Crippen molar-refractivity contribution in [1.82, 2.24) is 5.32 Å². The lowest BCUT2D eigenvalue weighted by atomic mass is 9.93. The Bertz CT molecular complexity index is 429. The van der Waals surface area contributed by atoms with Crippen LogP contribution in [0, 0.1) is 0 Å². The van der Waals surface area contributed by atoms with Crippen LogP contribution in [0.1, 0.15) is 37.7 Å². The maximum atomic E-state index is 5.72. The van der Waals surface area contributed by atoms with Crippen molar-refractivity contribution in [2.75, 3.05) is 25.4 Å². The number of para-hydroxylation sites is 1. The molecule has 0 aromatic heterocycles. The largest absolute Gasteiger partial charge is 0.493 e. The molecule has 0 bridgehead atoms. The highest BCUT2D eigenvalue weighted by Crippen LogP contribution is 2.37. The molecule has 1 aromatic rings. The number of rotatable bonds is 4. The molecular formula is C16H23NOS. The lowest BCUT2D eigenvalue weighted by Crippen LogP contribution is -2.36. The normalized spacial score (nSPS) is 29.8. The number of hydrogen-bond donors (Lipinski definition) is 1. The monoisotopic (exact) mass is 277 g/mol. The molecular weight excluding hydrogens is 254 g/mol. The minimum absolute atomic E-state index is 0.463. The fourth-order valence-corrected chi connectivity index (χ4v) is 4.39. The summed E-state index contributed by atoms with van der Waals surface area (Å²) < 4.78 is 6.18. The summed E-state index contributed by atoms with van der Waals surface area (Å²) in [7, 11) is 0. The standard InChI is InChI=1S/C16H23NOS/c1-16(8-4-10-19-16)12-17-11-13-7-9-18-15-6-3-2-5-14(13)15/h2-3,5-6,13,17H,4,7-12H2,1H3. The van der Waals surface area contributed by atoms with Crippen molar-refractivity contribution in [3.63, 3.8) is 0 Å². The molecule has 2 aliphatic rings. The minimum Gasteiger partial charge on any atom is -0.493 e. The van der Waals surface area contributed by atoms with E-state index in [-0.39, 0.29) is 0 Å². The van der Waals surface area contributed by atoms with E-state index in [0.29, 0.717) is 10.7 Å². The SMILES string of the molecule is CC1(CNCC2CCOc3ccccc32)CCCS1. The third-order valence-electron chi connectivity index (χ3n) is 4.27. The van der Waals surface area contributed by atoms with Gasteiger partial charge in [-0.15, -0.1) is 0 Å². The van der Waals surface area contributed by atoms with E-state index in [4.69, 9.17) is 4.74 Å². The second-order valence-electron chi connectivity index (χ2n) is 5.90. The lowest BCUT2D eigenvalue weighted by Gasteiger charge is -2.28. The number of hydrogen-bond acceptors (Lipinski definition) is 3. The zero-order chi connectivity index (χ0) is 13.1. The molecule has 0 saturated carbocycles. The first kappa shape index (κ1) is 13.3. The van der Waals surface area contributed by atoms with Crippen molar-refractivity contribution >= 4 is 11.8 Å². The fourth-order valence-electron chi connectivity index (χ4n) is 3.11. The van der Waals surface area contributed by atoms with E-state index in [1.54, 1.807) is 0 Å². The average molecular weight is 277 g/mol. The molecule has 0 aliphatic carbocycles. The van der Waals surface area contributed by atoms with Gasteiger partial charge >= 0.3 is 0 Å². The molecule has 1 N–H and O–H groups in total. The smallest absolute Gasteiger partial charge is 0.122 e. The van der Waals surface area contributed by atoms with E-state index in [0.717, 1.165) is 31.9 Å². The third-order valence-corrected chi connectivity index (χ3v) is 5.81. The minimum atomic E-state index is 0.463. The summed E-state index contributed by atoms with van der Waals surface area (Å²) >= 11 is 2.13. The van der Waals surface area contributed by atoms with E-state index in [9.17, 15) is 0 Å². The Balaban J connectivity index is 1.56. The molecule has 0 radical (unpaired) electrons. The van der Waals surface area contributed by atoms with E-state index in [2.05, 4.69) is 48.3 Å². The summed E-state index contributed by atoms with van der Waals surface area (Å²) in [5.74, 6) is 3.03. The van der Waals surface area contributed by atoms with Gasteiger partial charge in [-0.2, -0.15) is 11.8 Å². The molecule has 3 rings (SSSR count). The van der Waals surface area contributed by atoms with Crippen molar-refractivity contribution in [2.45, 2.75) is 36.9 Å². The molecule has 0 amide bonds. The molecule has 3 heteroatoms. The van der Waals surface area contributed by atoms with Crippen LogP contribution >= 0.6 is 11.8 Å². The first-order valence-corrected chi connectivity index (χ1v) is 8.32. The summed E-state index contributed by atoms with van der Waals surface area (Å²) in [6.45, 7) is 5.47. The van der Waals surface area contributed by atoms with Gasteiger partial charge in [0, 0.05) is 23.8 Å². The Morgan fingerprint density at radius 2 is 2.32 bits per heavy atom. The van der Waals surface area contributed by atoms with Crippen LogP contribution in [-0.4, -0.2) is 30.2 Å². The number of ether oxygens (including phenoxy) is 1. The third kappa shape index (κ3) is 3.09. The van der Waals surface area contributed by atoms with Gasteiger partial charge in [-0.1, -0.05) is 18.2 Å². The number of fused-ring (bicyclic) bond motifs is 1. The number of benzene rings is 1. The molecule has 2 aliphatic heterocycles. The highest BCUT2D eigenvalue weighted by Gasteiger charge is 2.29. The van der Waals surface area contributed by atoms with Gasteiger partial charge < -0.3 is 10.1 Å². The topological polar surface area (TPSA) is 21.3 Å². The van der Waals surface area contributed by atoms with E-state index < -0.39 is 0 Å².